The summed E-state index contributed by atoms with van der Waals surface area (Å²) >= 11 is 0. The second-order valence-electron chi connectivity index (χ2n) is 4.75. The van der Waals surface area contributed by atoms with Crippen molar-refractivity contribution in [3.8, 4) is 5.75 Å². The third-order valence-electron chi connectivity index (χ3n) is 2.94. The van der Waals surface area contributed by atoms with Gasteiger partial charge in [0.1, 0.15) is 18.2 Å². The number of nitrogens with two attached hydrogens (primary N) is 1. The largest absolute Gasteiger partial charge is 0.493 e. The molecule has 1 aromatic rings. The van der Waals surface area contributed by atoms with Crippen molar-refractivity contribution in [2.45, 2.75) is 25.7 Å². The molecule has 0 aromatic heterocycles. The molecule has 1 aromatic carbocycles. The maximum absolute atomic E-state index is 13.4. The molecular weight excluding hydrogens is 273 g/mol. The van der Waals surface area contributed by atoms with Crippen LogP contribution in [-0.2, 0) is 9.53 Å². The molecular formula is C16H22FNO3. The number of esters is 1. The lowest BCUT2D eigenvalue weighted by Crippen LogP contribution is -2.11. The number of carbonyl (C=O) groups is 1. The van der Waals surface area contributed by atoms with Gasteiger partial charge in [-0.25, -0.2) is 4.39 Å². The van der Waals surface area contributed by atoms with Crippen LogP contribution in [0.25, 0.3) is 0 Å². The minimum atomic E-state index is -0.359. The summed E-state index contributed by atoms with van der Waals surface area (Å²) in [4.78, 5) is 11.6. The number of ether oxygens (including phenoxy) is 2. The van der Waals surface area contributed by atoms with E-state index in [-0.39, 0.29) is 30.7 Å². The van der Waals surface area contributed by atoms with E-state index in [1.54, 1.807) is 6.07 Å². The monoisotopic (exact) mass is 295 g/mol. The Morgan fingerprint density at radius 3 is 2.95 bits per heavy atom. The maximum atomic E-state index is 13.4. The Hall–Kier alpha value is -1.88. The quantitative estimate of drug-likeness (QED) is 0.432. The third-order valence-corrected chi connectivity index (χ3v) is 2.94. The number of hydrogen-bond donors (Lipinski definition) is 1. The number of hydrogen-bond acceptors (Lipinski definition) is 4. The summed E-state index contributed by atoms with van der Waals surface area (Å²) < 4.78 is 24.0. The minimum absolute atomic E-state index is 0.157. The fraction of sp³-hybridized carbons (Fsp3) is 0.438. The van der Waals surface area contributed by atoms with E-state index in [1.807, 2.05) is 6.92 Å². The van der Waals surface area contributed by atoms with Gasteiger partial charge < -0.3 is 15.2 Å². The van der Waals surface area contributed by atoms with Gasteiger partial charge in [-0.05, 0) is 37.1 Å². The molecule has 0 heterocycles. The third kappa shape index (κ3) is 5.95. The van der Waals surface area contributed by atoms with E-state index in [4.69, 9.17) is 15.2 Å². The fourth-order valence-electron chi connectivity index (χ4n) is 1.87. The highest BCUT2D eigenvalue weighted by Crippen LogP contribution is 2.30. The van der Waals surface area contributed by atoms with E-state index in [9.17, 15) is 9.18 Å². The zero-order valence-electron chi connectivity index (χ0n) is 12.3. The standard InChI is InChI=1S/C16H22FNO3/c1-3-8-21-16(19)10-12(2)14-11-13(17)5-6-15(14)20-9-4-7-18/h3,5-6,11-12H,1,4,7-10,18H2,2H3/t12-/m0/s1. The fourth-order valence-corrected chi connectivity index (χ4v) is 1.87. The molecule has 2 N–H and O–H groups in total. The van der Waals surface area contributed by atoms with Crippen LogP contribution in [0.4, 0.5) is 4.39 Å². The van der Waals surface area contributed by atoms with E-state index in [1.165, 1.54) is 18.2 Å². The Balaban J connectivity index is 2.75. The predicted octanol–water partition coefficient (Wildman–Crippen LogP) is 2.78. The lowest BCUT2D eigenvalue weighted by molar-refractivity contribution is -0.142. The van der Waals surface area contributed by atoms with Gasteiger partial charge in [-0.15, -0.1) is 0 Å². The minimum Gasteiger partial charge on any atom is -0.493 e. The Morgan fingerprint density at radius 1 is 1.52 bits per heavy atom. The van der Waals surface area contributed by atoms with Gasteiger partial charge in [0.25, 0.3) is 0 Å². The SMILES string of the molecule is C=CCOC(=O)C[C@H](C)c1cc(F)ccc1OCCCN. The van der Waals surface area contributed by atoms with E-state index in [2.05, 4.69) is 6.58 Å². The molecule has 0 aliphatic rings. The van der Waals surface area contributed by atoms with E-state index in [0.29, 0.717) is 30.9 Å². The molecule has 21 heavy (non-hydrogen) atoms. The first-order valence-electron chi connectivity index (χ1n) is 6.97. The molecule has 0 amide bonds. The van der Waals surface area contributed by atoms with Crippen molar-refractivity contribution in [1.82, 2.24) is 0 Å². The summed E-state index contributed by atoms with van der Waals surface area (Å²) in [5.74, 6) is -0.332. The summed E-state index contributed by atoms with van der Waals surface area (Å²) in [6.07, 6.45) is 2.38. The summed E-state index contributed by atoms with van der Waals surface area (Å²) in [7, 11) is 0. The van der Waals surface area contributed by atoms with Gasteiger partial charge in [-0.2, -0.15) is 0 Å². The van der Waals surface area contributed by atoms with Gasteiger partial charge in [0, 0.05) is 5.56 Å². The van der Waals surface area contributed by atoms with Crippen LogP contribution in [-0.4, -0.2) is 25.7 Å². The molecule has 116 valence electrons. The first kappa shape index (κ1) is 17.2. The van der Waals surface area contributed by atoms with E-state index < -0.39 is 0 Å². The Labute approximate surface area is 124 Å². The first-order valence-corrected chi connectivity index (χ1v) is 6.97. The molecule has 0 aliphatic carbocycles. The number of carbonyl (C=O) groups excluding carboxylic acids is 1. The summed E-state index contributed by atoms with van der Waals surface area (Å²) in [6, 6.07) is 4.31. The van der Waals surface area contributed by atoms with Crippen molar-refractivity contribution in [1.29, 1.82) is 0 Å². The van der Waals surface area contributed by atoms with Gasteiger partial charge in [-0.1, -0.05) is 19.6 Å². The van der Waals surface area contributed by atoms with Crippen molar-refractivity contribution in [2.75, 3.05) is 19.8 Å². The average Bonchev–Trinajstić information content (AvgIpc) is 2.46. The highest BCUT2D eigenvalue weighted by molar-refractivity contribution is 5.70. The number of halogens is 1. The zero-order valence-corrected chi connectivity index (χ0v) is 12.3. The second kappa shape index (κ2) is 9.13. The van der Waals surface area contributed by atoms with Gasteiger partial charge >= 0.3 is 5.97 Å². The molecule has 1 atom stereocenters. The molecule has 0 bridgehead atoms. The molecule has 0 unspecified atom stereocenters. The van der Waals surface area contributed by atoms with Gasteiger partial charge in [0.15, 0.2) is 0 Å². The Morgan fingerprint density at radius 2 is 2.29 bits per heavy atom. The number of benzene rings is 1. The highest BCUT2D eigenvalue weighted by Gasteiger charge is 2.17. The van der Waals surface area contributed by atoms with Crippen LogP contribution in [0.2, 0.25) is 0 Å². The van der Waals surface area contributed by atoms with Crippen molar-refractivity contribution in [3.63, 3.8) is 0 Å². The summed E-state index contributed by atoms with van der Waals surface area (Å²) in [5.41, 5.74) is 6.07. The smallest absolute Gasteiger partial charge is 0.306 e. The zero-order chi connectivity index (χ0) is 15.7. The van der Waals surface area contributed by atoms with Crippen molar-refractivity contribution < 1.29 is 18.7 Å². The summed E-state index contributed by atoms with van der Waals surface area (Å²) in [5, 5.41) is 0. The molecule has 0 aliphatic heterocycles. The van der Waals surface area contributed by atoms with Crippen molar-refractivity contribution in [2.24, 2.45) is 5.73 Å². The van der Waals surface area contributed by atoms with Gasteiger partial charge in [-0.3, -0.25) is 4.79 Å². The van der Waals surface area contributed by atoms with Crippen LogP contribution in [0.3, 0.4) is 0 Å². The Kier molecular flexibility index (Phi) is 7.46. The normalized spacial score (nSPS) is 11.8. The molecule has 0 spiro atoms. The van der Waals surface area contributed by atoms with Crippen LogP contribution in [0.5, 0.6) is 5.75 Å². The van der Waals surface area contributed by atoms with E-state index >= 15 is 0 Å². The van der Waals surface area contributed by atoms with Crippen LogP contribution in [0.1, 0.15) is 31.2 Å². The predicted molar refractivity (Wildman–Crippen MR) is 79.8 cm³/mol. The maximum Gasteiger partial charge on any atom is 0.306 e. The lowest BCUT2D eigenvalue weighted by Gasteiger charge is -2.16. The first-order chi connectivity index (χ1) is 10.1. The number of rotatable bonds is 9. The van der Waals surface area contributed by atoms with Gasteiger partial charge in [0.2, 0.25) is 0 Å². The highest BCUT2D eigenvalue weighted by atomic mass is 19.1. The van der Waals surface area contributed by atoms with Crippen molar-refractivity contribution >= 4 is 5.97 Å². The topological polar surface area (TPSA) is 61.5 Å². The second-order valence-corrected chi connectivity index (χ2v) is 4.75. The molecule has 0 saturated carbocycles. The van der Waals surface area contributed by atoms with Crippen LogP contribution >= 0.6 is 0 Å². The van der Waals surface area contributed by atoms with Gasteiger partial charge in [0.05, 0.1) is 13.0 Å². The molecule has 4 nitrogen and oxygen atoms in total. The molecule has 5 heteroatoms. The van der Waals surface area contributed by atoms with Crippen LogP contribution in [0.15, 0.2) is 30.9 Å². The molecule has 0 radical (unpaired) electrons. The lowest BCUT2D eigenvalue weighted by atomic mass is 9.96. The summed E-state index contributed by atoms with van der Waals surface area (Å²) in [6.45, 7) is 6.48. The van der Waals surface area contributed by atoms with E-state index in [0.717, 1.165) is 0 Å². The molecule has 0 saturated heterocycles. The Bertz CT molecular complexity index is 477. The van der Waals surface area contributed by atoms with Crippen LogP contribution in [0, 0.1) is 5.82 Å². The molecule has 0 fully saturated rings. The van der Waals surface area contributed by atoms with Crippen molar-refractivity contribution in [3.05, 3.63) is 42.2 Å². The molecule has 1 rings (SSSR count). The average molecular weight is 295 g/mol. The van der Waals surface area contributed by atoms with Crippen LogP contribution < -0.4 is 10.5 Å².